The van der Waals surface area contributed by atoms with Crippen molar-refractivity contribution in [3.63, 3.8) is 0 Å². The molecule has 0 aliphatic rings. The molecule has 0 saturated carbocycles. The maximum atomic E-state index is 12.6. The van der Waals surface area contributed by atoms with Gasteiger partial charge in [-0.2, -0.15) is 5.10 Å². The standard InChI is InChI=1S/C23H23N5O3/c1-15-13-21(23-26-25-16(2)31-23)27-28(15)19-6-4-5-18(14-19)22(29)24-12-11-17-7-9-20(30-3)10-8-17/h4-10,13-14H,11-12H2,1-3H3,(H,24,29). The Morgan fingerprint density at radius 3 is 2.61 bits per heavy atom. The van der Waals surface area contributed by atoms with Crippen LogP contribution in [0.15, 0.2) is 59.0 Å². The van der Waals surface area contributed by atoms with Gasteiger partial charge in [-0.25, -0.2) is 4.68 Å². The first-order valence-electron chi connectivity index (χ1n) is 9.92. The monoisotopic (exact) mass is 417 g/mol. The van der Waals surface area contributed by atoms with E-state index in [9.17, 15) is 4.79 Å². The molecule has 2 aromatic carbocycles. The average molecular weight is 417 g/mol. The van der Waals surface area contributed by atoms with Gasteiger partial charge in [-0.1, -0.05) is 18.2 Å². The van der Waals surface area contributed by atoms with Crippen LogP contribution in [0, 0.1) is 13.8 Å². The van der Waals surface area contributed by atoms with E-state index in [-0.39, 0.29) is 5.91 Å². The molecule has 2 heterocycles. The predicted molar refractivity (Wildman–Crippen MR) is 115 cm³/mol. The van der Waals surface area contributed by atoms with Gasteiger partial charge < -0.3 is 14.5 Å². The summed E-state index contributed by atoms with van der Waals surface area (Å²) in [5.41, 5.74) is 3.96. The van der Waals surface area contributed by atoms with E-state index >= 15 is 0 Å². The second-order valence-corrected chi connectivity index (χ2v) is 7.11. The topological polar surface area (TPSA) is 95.1 Å². The Balaban J connectivity index is 1.44. The maximum absolute atomic E-state index is 12.6. The predicted octanol–water partition coefficient (Wildman–Crippen LogP) is 3.52. The molecule has 4 rings (SSSR count). The van der Waals surface area contributed by atoms with E-state index in [0.29, 0.717) is 29.6 Å². The van der Waals surface area contributed by atoms with Crippen molar-refractivity contribution in [1.82, 2.24) is 25.3 Å². The second-order valence-electron chi connectivity index (χ2n) is 7.11. The number of nitrogens with one attached hydrogen (secondary N) is 1. The Morgan fingerprint density at radius 2 is 1.90 bits per heavy atom. The highest BCUT2D eigenvalue weighted by atomic mass is 16.5. The van der Waals surface area contributed by atoms with Crippen molar-refractivity contribution in [3.8, 4) is 23.0 Å². The van der Waals surface area contributed by atoms with E-state index in [2.05, 4.69) is 20.6 Å². The van der Waals surface area contributed by atoms with Crippen molar-refractivity contribution in [3.05, 3.63) is 77.3 Å². The number of rotatable bonds is 7. The SMILES string of the molecule is COc1ccc(CCNC(=O)c2cccc(-n3nc(-c4nnc(C)o4)cc3C)c2)cc1. The summed E-state index contributed by atoms with van der Waals surface area (Å²) >= 11 is 0. The van der Waals surface area contributed by atoms with Crippen LogP contribution >= 0.6 is 0 Å². The highest BCUT2D eigenvalue weighted by Crippen LogP contribution is 2.21. The van der Waals surface area contributed by atoms with Gasteiger partial charge in [0.1, 0.15) is 11.4 Å². The summed E-state index contributed by atoms with van der Waals surface area (Å²) in [6.07, 6.45) is 0.737. The minimum atomic E-state index is -0.132. The minimum Gasteiger partial charge on any atom is -0.497 e. The fraction of sp³-hybridized carbons (Fsp3) is 0.217. The van der Waals surface area contributed by atoms with Crippen molar-refractivity contribution in [2.75, 3.05) is 13.7 Å². The summed E-state index contributed by atoms with van der Waals surface area (Å²) in [5.74, 6) is 1.53. The fourth-order valence-corrected chi connectivity index (χ4v) is 3.23. The maximum Gasteiger partial charge on any atom is 0.268 e. The summed E-state index contributed by atoms with van der Waals surface area (Å²) in [6, 6.07) is 17.0. The summed E-state index contributed by atoms with van der Waals surface area (Å²) in [4.78, 5) is 12.6. The first kappa shape index (κ1) is 20.3. The zero-order chi connectivity index (χ0) is 21.8. The molecule has 0 radical (unpaired) electrons. The molecule has 8 heteroatoms. The molecule has 0 unspecified atom stereocenters. The molecule has 0 saturated heterocycles. The molecule has 2 aromatic heterocycles. The number of amides is 1. The molecular formula is C23H23N5O3. The molecule has 0 spiro atoms. The third-order valence-corrected chi connectivity index (χ3v) is 4.84. The van der Waals surface area contributed by atoms with Crippen LogP contribution in [0.2, 0.25) is 0 Å². The van der Waals surface area contributed by atoms with Gasteiger partial charge in [0.2, 0.25) is 5.89 Å². The number of benzene rings is 2. The lowest BCUT2D eigenvalue weighted by Crippen LogP contribution is -2.25. The lowest BCUT2D eigenvalue weighted by atomic mass is 10.1. The summed E-state index contributed by atoms with van der Waals surface area (Å²) in [5, 5.41) is 15.4. The minimum absolute atomic E-state index is 0.132. The lowest BCUT2D eigenvalue weighted by molar-refractivity contribution is 0.0954. The molecular weight excluding hydrogens is 394 g/mol. The van der Waals surface area contributed by atoms with Crippen LogP contribution < -0.4 is 10.1 Å². The molecule has 0 atom stereocenters. The van der Waals surface area contributed by atoms with Crippen LogP contribution in [0.3, 0.4) is 0 Å². The van der Waals surface area contributed by atoms with Crippen LogP contribution in [-0.4, -0.2) is 39.5 Å². The number of carbonyl (C=O) groups excluding carboxylic acids is 1. The van der Waals surface area contributed by atoms with Crippen LogP contribution in [0.4, 0.5) is 0 Å². The van der Waals surface area contributed by atoms with Gasteiger partial charge in [0.25, 0.3) is 11.8 Å². The van der Waals surface area contributed by atoms with Crippen molar-refractivity contribution in [2.24, 2.45) is 0 Å². The average Bonchev–Trinajstić information content (AvgIpc) is 3.39. The van der Waals surface area contributed by atoms with E-state index in [1.165, 1.54) is 0 Å². The molecule has 0 bridgehead atoms. The van der Waals surface area contributed by atoms with Crippen molar-refractivity contribution < 1.29 is 13.9 Å². The van der Waals surface area contributed by atoms with Gasteiger partial charge in [0, 0.05) is 24.7 Å². The molecule has 31 heavy (non-hydrogen) atoms. The van der Waals surface area contributed by atoms with Crippen molar-refractivity contribution >= 4 is 5.91 Å². The van der Waals surface area contributed by atoms with Crippen molar-refractivity contribution in [1.29, 1.82) is 0 Å². The van der Waals surface area contributed by atoms with Crippen LogP contribution in [-0.2, 0) is 6.42 Å². The summed E-state index contributed by atoms with van der Waals surface area (Å²) in [7, 11) is 1.64. The molecule has 0 fully saturated rings. The zero-order valence-electron chi connectivity index (χ0n) is 17.6. The molecule has 0 aliphatic heterocycles. The second kappa shape index (κ2) is 8.83. The van der Waals surface area contributed by atoms with E-state index in [4.69, 9.17) is 9.15 Å². The third kappa shape index (κ3) is 4.63. The smallest absolute Gasteiger partial charge is 0.268 e. The zero-order valence-corrected chi connectivity index (χ0v) is 17.6. The van der Waals surface area contributed by atoms with Gasteiger partial charge in [0.15, 0.2) is 0 Å². The summed E-state index contributed by atoms with van der Waals surface area (Å²) < 4.78 is 12.4. The molecule has 8 nitrogen and oxygen atoms in total. The largest absolute Gasteiger partial charge is 0.497 e. The molecule has 1 amide bonds. The lowest BCUT2D eigenvalue weighted by Gasteiger charge is -2.09. The Hall–Kier alpha value is -3.94. The van der Waals surface area contributed by atoms with Gasteiger partial charge in [-0.3, -0.25) is 4.79 Å². The number of aryl methyl sites for hydroxylation is 2. The highest BCUT2D eigenvalue weighted by molar-refractivity contribution is 5.94. The van der Waals surface area contributed by atoms with Gasteiger partial charge in [0.05, 0.1) is 12.8 Å². The first-order chi connectivity index (χ1) is 15.0. The van der Waals surface area contributed by atoms with Gasteiger partial charge >= 0.3 is 0 Å². The van der Waals surface area contributed by atoms with Crippen LogP contribution in [0.1, 0.15) is 27.5 Å². The van der Waals surface area contributed by atoms with Gasteiger partial charge in [-0.05, 0) is 55.3 Å². The number of hydrogen-bond donors (Lipinski definition) is 1. The van der Waals surface area contributed by atoms with Gasteiger partial charge in [-0.15, -0.1) is 10.2 Å². The molecule has 1 N–H and O–H groups in total. The molecule has 158 valence electrons. The Labute approximate surface area is 179 Å². The number of methoxy groups -OCH3 is 1. The van der Waals surface area contributed by atoms with E-state index < -0.39 is 0 Å². The number of nitrogens with zero attached hydrogens (tertiary/aromatic N) is 4. The van der Waals surface area contributed by atoms with Crippen LogP contribution in [0.5, 0.6) is 5.75 Å². The molecule has 4 aromatic rings. The third-order valence-electron chi connectivity index (χ3n) is 4.84. The normalized spacial score (nSPS) is 10.8. The van der Waals surface area contributed by atoms with E-state index in [1.807, 2.05) is 55.5 Å². The fourth-order valence-electron chi connectivity index (χ4n) is 3.23. The van der Waals surface area contributed by atoms with Crippen molar-refractivity contribution in [2.45, 2.75) is 20.3 Å². The number of ether oxygens (including phenoxy) is 1. The Morgan fingerprint density at radius 1 is 1.10 bits per heavy atom. The number of carbonyl (C=O) groups is 1. The molecule has 0 aliphatic carbocycles. The quantitative estimate of drug-likeness (QED) is 0.494. The van der Waals surface area contributed by atoms with Crippen LogP contribution in [0.25, 0.3) is 17.3 Å². The number of hydrogen-bond acceptors (Lipinski definition) is 6. The Kier molecular flexibility index (Phi) is 5.79. The Bertz CT molecular complexity index is 1190. The first-order valence-corrected chi connectivity index (χ1v) is 9.92. The number of aromatic nitrogens is 4. The van der Waals surface area contributed by atoms with E-state index in [0.717, 1.165) is 29.1 Å². The highest BCUT2D eigenvalue weighted by Gasteiger charge is 2.14. The van der Waals surface area contributed by atoms with E-state index in [1.54, 1.807) is 24.8 Å². The summed E-state index contributed by atoms with van der Waals surface area (Å²) in [6.45, 7) is 4.20.